The summed E-state index contributed by atoms with van der Waals surface area (Å²) in [5.41, 5.74) is 0. The van der Waals surface area contributed by atoms with Crippen molar-refractivity contribution in [3.05, 3.63) is 11.0 Å². The molecule has 0 aliphatic rings. The highest BCUT2D eigenvalue weighted by atomic mass is 32.2. The number of hydrogen-bond acceptors (Lipinski definition) is 2. The maximum absolute atomic E-state index is 2.40. The van der Waals surface area contributed by atoms with Crippen molar-refractivity contribution in [1.29, 1.82) is 0 Å². The molecule has 0 aliphatic heterocycles. The second-order valence-electron chi connectivity index (χ2n) is 3.37. The van der Waals surface area contributed by atoms with E-state index in [0.717, 1.165) is 12.5 Å². The molecule has 0 aromatic rings. The molecular weight excluding hydrogens is 166 g/mol. The summed E-state index contributed by atoms with van der Waals surface area (Å²) in [7, 11) is 0. The van der Waals surface area contributed by atoms with Crippen LogP contribution in [-0.4, -0.2) is 17.4 Å². The number of allylic oxidation sites excluding steroid dienone is 2. The average molecular weight is 187 g/mol. The minimum Gasteiger partial charge on any atom is -0.247 e. The fourth-order valence-electron chi connectivity index (χ4n) is 0.895. The summed E-state index contributed by atoms with van der Waals surface area (Å²) in [4.78, 5) is 1.39. The summed E-state index contributed by atoms with van der Waals surface area (Å²) in [6.45, 7) is 13.3. The van der Waals surface area contributed by atoms with Gasteiger partial charge < -0.3 is 0 Å². The lowest BCUT2D eigenvalue weighted by atomic mass is 10.2. The van der Waals surface area contributed by atoms with Gasteiger partial charge in [-0.3, -0.25) is 0 Å². The third kappa shape index (κ3) is 5.67. The summed E-state index contributed by atoms with van der Waals surface area (Å²) < 4.78 is 2.40. The van der Waals surface area contributed by atoms with Crippen molar-refractivity contribution >= 4 is 11.9 Å². The van der Waals surface area contributed by atoms with Gasteiger partial charge in [-0.1, -0.05) is 26.8 Å². The molecular formula is C10H21NS. The van der Waals surface area contributed by atoms with E-state index >= 15 is 0 Å². The Labute approximate surface area is 81.4 Å². The maximum Gasteiger partial charge on any atom is 0.0115 e. The van der Waals surface area contributed by atoms with Gasteiger partial charge in [0.05, 0.1) is 0 Å². The minimum atomic E-state index is 0.752. The molecule has 0 heterocycles. The normalized spacial score (nSPS) is 13.1. The van der Waals surface area contributed by atoms with Gasteiger partial charge >= 0.3 is 0 Å². The van der Waals surface area contributed by atoms with Gasteiger partial charge in [-0.15, -0.1) is 0 Å². The standard InChI is InChI=1S/C10H21NS/c1-6-10(5)12-11(7-2)8-9(3)4/h6,9H,7-8H2,1-5H3/b10-6+. The first-order valence-corrected chi connectivity index (χ1v) is 5.43. The van der Waals surface area contributed by atoms with Crippen LogP contribution in [0.4, 0.5) is 0 Å². The molecule has 0 unspecified atom stereocenters. The Kier molecular flexibility index (Phi) is 6.58. The van der Waals surface area contributed by atoms with Crippen molar-refractivity contribution in [2.45, 2.75) is 34.6 Å². The Morgan fingerprint density at radius 2 is 2.08 bits per heavy atom. The van der Waals surface area contributed by atoms with Gasteiger partial charge in [0, 0.05) is 13.1 Å². The van der Waals surface area contributed by atoms with Crippen LogP contribution in [0, 0.1) is 5.92 Å². The molecule has 0 radical (unpaired) electrons. The first kappa shape index (κ1) is 12.0. The second-order valence-corrected chi connectivity index (χ2v) is 4.71. The zero-order valence-electron chi connectivity index (χ0n) is 8.92. The quantitative estimate of drug-likeness (QED) is 0.606. The minimum absolute atomic E-state index is 0.752. The SMILES string of the molecule is C/C=C(\C)SN(CC)CC(C)C. The van der Waals surface area contributed by atoms with Gasteiger partial charge in [0.15, 0.2) is 0 Å². The zero-order chi connectivity index (χ0) is 9.56. The van der Waals surface area contributed by atoms with Crippen molar-refractivity contribution in [3.63, 3.8) is 0 Å². The van der Waals surface area contributed by atoms with E-state index in [2.05, 4.69) is 45.0 Å². The number of nitrogens with zero attached hydrogens (tertiary/aromatic N) is 1. The predicted octanol–water partition coefficient (Wildman–Crippen LogP) is 3.54. The Balaban J connectivity index is 3.83. The summed E-state index contributed by atoms with van der Waals surface area (Å²) in [6.07, 6.45) is 2.16. The van der Waals surface area contributed by atoms with Crippen LogP contribution >= 0.6 is 11.9 Å². The van der Waals surface area contributed by atoms with Gasteiger partial charge in [0.25, 0.3) is 0 Å². The van der Waals surface area contributed by atoms with Crippen LogP contribution in [0.25, 0.3) is 0 Å². The second kappa shape index (κ2) is 6.55. The van der Waals surface area contributed by atoms with E-state index in [1.54, 1.807) is 0 Å². The molecule has 12 heavy (non-hydrogen) atoms. The van der Waals surface area contributed by atoms with Crippen LogP contribution in [0.5, 0.6) is 0 Å². The molecule has 1 nitrogen and oxygen atoms in total. The topological polar surface area (TPSA) is 3.24 Å². The lowest BCUT2D eigenvalue weighted by Gasteiger charge is -2.21. The Morgan fingerprint density at radius 3 is 2.42 bits per heavy atom. The van der Waals surface area contributed by atoms with Crippen LogP contribution in [0.1, 0.15) is 34.6 Å². The Morgan fingerprint density at radius 1 is 1.50 bits per heavy atom. The van der Waals surface area contributed by atoms with Gasteiger partial charge in [0.1, 0.15) is 0 Å². The summed E-state index contributed by atoms with van der Waals surface area (Å²) in [5.74, 6) is 0.752. The molecule has 0 aromatic carbocycles. The molecule has 0 spiro atoms. The smallest absolute Gasteiger partial charge is 0.0115 e. The monoisotopic (exact) mass is 187 g/mol. The number of hydrogen-bond donors (Lipinski definition) is 0. The molecule has 0 saturated carbocycles. The van der Waals surface area contributed by atoms with Crippen LogP contribution in [0.15, 0.2) is 11.0 Å². The van der Waals surface area contributed by atoms with E-state index in [-0.39, 0.29) is 0 Å². The predicted molar refractivity (Wildman–Crippen MR) is 59.1 cm³/mol. The van der Waals surface area contributed by atoms with Gasteiger partial charge in [-0.25, -0.2) is 4.31 Å². The van der Waals surface area contributed by atoms with Crippen molar-refractivity contribution in [2.75, 3.05) is 13.1 Å². The highest BCUT2D eigenvalue weighted by Crippen LogP contribution is 2.20. The van der Waals surface area contributed by atoms with E-state index in [4.69, 9.17) is 0 Å². The van der Waals surface area contributed by atoms with Crippen LogP contribution in [-0.2, 0) is 0 Å². The summed E-state index contributed by atoms with van der Waals surface area (Å²) in [6, 6.07) is 0. The molecule has 0 amide bonds. The highest BCUT2D eigenvalue weighted by Gasteiger charge is 2.05. The molecule has 0 saturated heterocycles. The van der Waals surface area contributed by atoms with Crippen LogP contribution in [0.2, 0.25) is 0 Å². The molecule has 0 rings (SSSR count). The fraction of sp³-hybridized carbons (Fsp3) is 0.800. The van der Waals surface area contributed by atoms with Crippen molar-refractivity contribution in [2.24, 2.45) is 5.92 Å². The highest BCUT2D eigenvalue weighted by molar-refractivity contribution is 8.00. The Hall–Kier alpha value is 0.0500. The Bertz CT molecular complexity index is 141. The van der Waals surface area contributed by atoms with E-state index in [1.807, 2.05) is 11.9 Å². The lowest BCUT2D eigenvalue weighted by molar-refractivity contribution is 0.424. The van der Waals surface area contributed by atoms with Gasteiger partial charge in [0.2, 0.25) is 0 Å². The molecule has 2 heteroatoms. The molecule has 0 aromatic heterocycles. The van der Waals surface area contributed by atoms with Crippen LogP contribution < -0.4 is 0 Å². The third-order valence-corrected chi connectivity index (χ3v) is 2.79. The van der Waals surface area contributed by atoms with E-state index in [0.29, 0.717) is 0 Å². The first-order valence-electron chi connectivity index (χ1n) is 4.66. The average Bonchev–Trinajstić information content (AvgIpc) is 2.02. The van der Waals surface area contributed by atoms with Crippen molar-refractivity contribution in [1.82, 2.24) is 4.31 Å². The number of rotatable bonds is 5. The lowest BCUT2D eigenvalue weighted by Crippen LogP contribution is -2.20. The van der Waals surface area contributed by atoms with Crippen LogP contribution in [0.3, 0.4) is 0 Å². The van der Waals surface area contributed by atoms with Gasteiger partial charge in [-0.2, -0.15) is 0 Å². The largest absolute Gasteiger partial charge is 0.247 e. The molecule has 0 atom stereocenters. The van der Waals surface area contributed by atoms with E-state index < -0.39 is 0 Å². The molecule has 72 valence electrons. The molecule has 0 N–H and O–H groups in total. The first-order chi connectivity index (χ1) is 5.60. The zero-order valence-corrected chi connectivity index (χ0v) is 9.74. The van der Waals surface area contributed by atoms with E-state index in [1.165, 1.54) is 11.4 Å². The fourth-order valence-corrected chi connectivity index (χ4v) is 1.91. The molecule has 0 fully saturated rings. The van der Waals surface area contributed by atoms with Crippen molar-refractivity contribution in [3.8, 4) is 0 Å². The summed E-state index contributed by atoms with van der Waals surface area (Å²) >= 11 is 1.87. The summed E-state index contributed by atoms with van der Waals surface area (Å²) in [5, 5.41) is 0. The maximum atomic E-state index is 2.40. The van der Waals surface area contributed by atoms with Gasteiger partial charge in [-0.05, 0) is 36.6 Å². The van der Waals surface area contributed by atoms with Crippen molar-refractivity contribution < 1.29 is 0 Å². The van der Waals surface area contributed by atoms with E-state index in [9.17, 15) is 0 Å². The third-order valence-electron chi connectivity index (χ3n) is 1.60. The molecule has 0 bridgehead atoms. The molecule has 0 aliphatic carbocycles.